The van der Waals surface area contributed by atoms with Crippen molar-refractivity contribution in [2.75, 3.05) is 0 Å². The molecule has 0 atom stereocenters. The number of benzene rings is 5. The molecule has 1 aliphatic rings. The highest BCUT2D eigenvalue weighted by atomic mass is 15.0. The zero-order chi connectivity index (χ0) is 27.9. The third-order valence-corrected chi connectivity index (χ3v) is 7.88. The lowest BCUT2D eigenvalue weighted by Gasteiger charge is -2.09. The van der Waals surface area contributed by atoms with Gasteiger partial charge in [0.1, 0.15) is 5.65 Å². The van der Waals surface area contributed by atoms with E-state index in [0.29, 0.717) is 6.42 Å². The Hall–Kier alpha value is -5.61. The summed E-state index contributed by atoms with van der Waals surface area (Å²) in [5.41, 5.74) is 10.5. The number of fused-ring (bicyclic) bond motifs is 5. The first-order valence-electron chi connectivity index (χ1n) is 14.2. The normalized spacial score (nSPS) is 13.6. The Morgan fingerprint density at radius 2 is 1.26 bits per heavy atom. The molecular formula is C38H26N4. The smallest absolute Gasteiger partial charge is 0.160 e. The Morgan fingerprint density at radius 3 is 2.12 bits per heavy atom. The largest absolute Gasteiger partial charge is 0.299 e. The first kappa shape index (κ1) is 24.2. The van der Waals surface area contributed by atoms with Crippen molar-refractivity contribution in [2.24, 2.45) is 9.98 Å². The summed E-state index contributed by atoms with van der Waals surface area (Å²) >= 11 is 0. The van der Waals surface area contributed by atoms with Gasteiger partial charge in [-0.25, -0.2) is 15.0 Å². The molecule has 0 N–H and O–H groups in total. The Balaban J connectivity index is 1.21. The molecule has 0 saturated carbocycles. The van der Waals surface area contributed by atoms with Gasteiger partial charge < -0.3 is 0 Å². The number of imidazole rings is 1. The molecule has 0 radical (unpaired) electrons. The first-order chi connectivity index (χ1) is 20.8. The maximum Gasteiger partial charge on any atom is 0.160 e. The van der Waals surface area contributed by atoms with Crippen LogP contribution in [-0.4, -0.2) is 20.9 Å². The molecule has 1 aliphatic heterocycles. The van der Waals surface area contributed by atoms with Gasteiger partial charge in [-0.1, -0.05) is 115 Å². The number of aliphatic imine (C=N–C) groups is 2. The maximum atomic E-state index is 5.14. The topological polar surface area (TPSA) is 42.0 Å². The summed E-state index contributed by atoms with van der Waals surface area (Å²) < 4.78 is 2.19. The summed E-state index contributed by atoms with van der Waals surface area (Å²) in [5, 5.41) is 2.35. The predicted octanol–water partition coefficient (Wildman–Crippen LogP) is 8.99. The van der Waals surface area contributed by atoms with Gasteiger partial charge in [-0.3, -0.25) is 4.40 Å². The second-order valence-electron chi connectivity index (χ2n) is 10.5. The molecule has 0 fully saturated rings. The first-order valence-corrected chi connectivity index (χ1v) is 14.2. The van der Waals surface area contributed by atoms with E-state index in [1.165, 1.54) is 5.39 Å². The molecular weight excluding hydrogens is 512 g/mol. The molecule has 2 aromatic heterocycles. The molecule has 7 aromatic rings. The molecule has 42 heavy (non-hydrogen) atoms. The summed E-state index contributed by atoms with van der Waals surface area (Å²) in [4.78, 5) is 15.1. The molecule has 0 spiro atoms. The second-order valence-corrected chi connectivity index (χ2v) is 10.5. The maximum absolute atomic E-state index is 5.14. The van der Waals surface area contributed by atoms with E-state index in [2.05, 4.69) is 114 Å². The molecule has 4 nitrogen and oxygen atoms in total. The van der Waals surface area contributed by atoms with Crippen LogP contribution in [0, 0.1) is 0 Å². The average molecular weight is 539 g/mol. The van der Waals surface area contributed by atoms with E-state index in [-0.39, 0.29) is 0 Å². The van der Waals surface area contributed by atoms with E-state index in [4.69, 9.17) is 15.0 Å². The SMILES string of the molecule is C1=C(c2ccccc2)N=C(c2ccccc2)N=C(c2cccc(-c3ccc4nc5c6ccccc6ccn5c4c3)c2)C1. The lowest BCUT2D eigenvalue weighted by molar-refractivity contribution is 1.25. The predicted molar refractivity (Wildman–Crippen MR) is 174 cm³/mol. The van der Waals surface area contributed by atoms with Crippen LogP contribution in [0.1, 0.15) is 23.1 Å². The minimum absolute atomic E-state index is 0.687. The fraction of sp³-hybridized carbons (Fsp3) is 0.0263. The van der Waals surface area contributed by atoms with Crippen LogP contribution in [0.25, 0.3) is 44.3 Å². The molecule has 5 aromatic carbocycles. The van der Waals surface area contributed by atoms with Gasteiger partial charge in [0.2, 0.25) is 0 Å². The number of aromatic nitrogens is 2. The fourth-order valence-electron chi connectivity index (χ4n) is 5.73. The average Bonchev–Trinajstić information content (AvgIpc) is 3.29. The molecule has 198 valence electrons. The molecule has 0 amide bonds. The summed E-state index contributed by atoms with van der Waals surface area (Å²) in [6.45, 7) is 0. The zero-order valence-corrected chi connectivity index (χ0v) is 22.9. The summed E-state index contributed by atoms with van der Waals surface area (Å²) in [7, 11) is 0. The third kappa shape index (κ3) is 4.30. The van der Waals surface area contributed by atoms with Crippen molar-refractivity contribution in [1.29, 1.82) is 0 Å². The van der Waals surface area contributed by atoms with Crippen LogP contribution in [0.5, 0.6) is 0 Å². The van der Waals surface area contributed by atoms with Crippen molar-refractivity contribution in [3.63, 3.8) is 0 Å². The number of pyridine rings is 1. The van der Waals surface area contributed by atoms with Crippen LogP contribution in [-0.2, 0) is 0 Å². The molecule has 3 heterocycles. The number of hydrogen-bond acceptors (Lipinski definition) is 3. The third-order valence-electron chi connectivity index (χ3n) is 7.88. The second kappa shape index (κ2) is 10.1. The number of nitrogens with zero attached hydrogens (tertiary/aromatic N) is 4. The highest BCUT2D eigenvalue weighted by Crippen LogP contribution is 2.30. The molecule has 0 unspecified atom stereocenters. The van der Waals surface area contributed by atoms with Crippen LogP contribution in [0.3, 0.4) is 0 Å². The number of hydrogen-bond donors (Lipinski definition) is 0. The van der Waals surface area contributed by atoms with Gasteiger partial charge in [-0.05, 0) is 51.9 Å². The number of allylic oxidation sites excluding steroid dienone is 1. The van der Waals surface area contributed by atoms with E-state index in [0.717, 1.165) is 67.1 Å². The van der Waals surface area contributed by atoms with Crippen molar-refractivity contribution < 1.29 is 0 Å². The minimum atomic E-state index is 0.687. The number of amidine groups is 1. The Morgan fingerprint density at radius 1 is 0.548 bits per heavy atom. The lowest BCUT2D eigenvalue weighted by Crippen LogP contribution is -2.05. The van der Waals surface area contributed by atoms with Gasteiger partial charge in [0.15, 0.2) is 5.84 Å². The summed E-state index contributed by atoms with van der Waals surface area (Å²) in [5.74, 6) is 0.725. The van der Waals surface area contributed by atoms with E-state index in [1.807, 2.05) is 36.4 Å². The Bertz CT molecular complexity index is 2200. The monoisotopic (exact) mass is 538 g/mol. The van der Waals surface area contributed by atoms with E-state index in [1.54, 1.807) is 0 Å². The minimum Gasteiger partial charge on any atom is -0.299 e. The van der Waals surface area contributed by atoms with Crippen LogP contribution in [0.2, 0.25) is 0 Å². The van der Waals surface area contributed by atoms with Crippen LogP contribution in [0.15, 0.2) is 156 Å². The highest BCUT2D eigenvalue weighted by molar-refractivity contribution is 6.15. The van der Waals surface area contributed by atoms with Crippen molar-refractivity contribution in [2.45, 2.75) is 6.42 Å². The van der Waals surface area contributed by atoms with Gasteiger partial charge in [0, 0.05) is 23.6 Å². The Kier molecular flexibility index (Phi) is 5.82. The van der Waals surface area contributed by atoms with Crippen LogP contribution >= 0.6 is 0 Å². The van der Waals surface area contributed by atoms with Gasteiger partial charge >= 0.3 is 0 Å². The fourth-order valence-corrected chi connectivity index (χ4v) is 5.73. The van der Waals surface area contributed by atoms with Crippen molar-refractivity contribution >= 4 is 44.7 Å². The highest BCUT2D eigenvalue weighted by Gasteiger charge is 2.15. The van der Waals surface area contributed by atoms with Gasteiger partial charge in [-0.15, -0.1) is 0 Å². The van der Waals surface area contributed by atoms with Crippen molar-refractivity contribution in [3.05, 3.63) is 162 Å². The van der Waals surface area contributed by atoms with Crippen molar-refractivity contribution in [1.82, 2.24) is 9.38 Å². The molecule has 8 rings (SSSR count). The molecule has 0 saturated heterocycles. The van der Waals surface area contributed by atoms with Crippen molar-refractivity contribution in [3.8, 4) is 11.1 Å². The van der Waals surface area contributed by atoms with Crippen LogP contribution < -0.4 is 0 Å². The van der Waals surface area contributed by atoms with Gasteiger partial charge in [-0.2, -0.15) is 0 Å². The number of rotatable bonds is 4. The van der Waals surface area contributed by atoms with Crippen LogP contribution in [0.4, 0.5) is 0 Å². The molecule has 0 bridgehead atoms. The van der Waals surface area contributed by atoms with Gasteiger partial charge in [0.05, 0.1) is 22.4 Å². The quantitative estimate of drug-likeness (QED) is 0.220. The lowest BCUT2D eigenvalue weighted by atomic mass is 9.99. The molecule has 0 aliphatic carbocycles. The standard InChI is InChI=1S/C38H26N4/c1-3-11-27(12-4-1)33-20-21-34(40-37(39-33)28-13-5-2-6-14-28)31-16-9-15-29(24-31)30-18-19-35-36(25-30)42-23-22-26-10-7-8-17-32(26)38(42)41-35/h1-20,22-25H,21H2. The zero-order valence-electron chi connectivity index (χ0n) is 22.9. The molecule has 4 heteroatoms. The van der Waals surface area contributed by atoms with E-state index in [9.17, 15) is 0 Å². The summed E-state index contributed by atoms with van der Waals surface area (Å²) in [6.07, 6.45) is 4.99. The summed E-state index contributed by atoms with van der Waals surface area (Å²) in [6, 6.07) is 46.3. The Labute approximate surface area is 243 Å². The van der Waals surface area contributed by atoms with Gasteiger partial charge in [0.25, 0.3) is 0 Å². The van der Waals surface area contributed by atoms with E-state index >= 15 is 0 Å². The van der Waals surface area contributed by atoms with E-state index < -0.39 is 0 Å².